The van der Waals surface area contributed by atoms with Crippen LogP contribution in [0, 0.1) is 0 Å². The molecule has 200 valence electrons. The molecule has 0 unspecified atom stereocenters. The summed E-state index contributed by atoms with van der Waals surface area (Å²) in [7, 11) is 0. The lowest BCUT2D eigenvalue weighted by Crippen LogP contribution is -2.75. The van der Waals surface area contributed by atoms with E-state index in [0.717, 1.165) is 18.5 Å². The first kappa shape index (κ1) is 28.2. The fourth-order valence-electron chi connectivity index (χ4n) is 6.32. The highest BCUT2D eigenvalue weighted by Crippen LogP contribution is 2.28. The second-order valence-electron chi connectivity index (χ2n) is 11.6. The molecule has 4 rings (SSSR count). The van der Waals surface area contributed by atoms with E-state index in [9.17, 15) is 4.79 Å². The standard InChI is InChI=1S/C29H54N5O/c1-2-3-4-5-6-7-8-9-10-11-12-13-18-33-20-23-34(24-21-33,25-22-33)19-14-15-29(35)31-17-16-28-26-30-27-32-28/h26-27H,2-25H2,1H3,(H-,30,31,32,35)/q+1/p+1. The molecular weight excluding hydrogens is 434 g/mol. The topological polar surface area (TPSA) is 57.8 Å². The van der Waals surface area contributed by atoms with Gasteiger partial charge in [0.05, 0.1) is 19.4 Å². The summed E-state index contributed by atoms with van der Waals surface area (Å²) >= 11 is 0. The number of hydrogen-bond acceptors (Lipinski definition) is 2. The van der Waals surface area contributed by atoms with Gasteiger partial charge in [0.1, 0.15) is 39.3 Å². The molecule has 3 aliphatic rings. The number of carbonyl (C=O) groups excluding carboxylic acids is 1. The summed E-state index contributed by atoms with van der Waals surface area (Å²) in [6, 6.07) is 0. The minimum atomic E-state index is 0.203. The minimum absolute atomic E-state index is 0.203. The SMILES string of the molecule is CCCCCCCCCCCCCC[N+]12CC[N+](CCCC(=O)NCCc3cnc[nH]3)(CC1)CC2. The third-order valence-electron chi connectivity index (χ3n) is 8.94. The van der Waals surface area contributed by atoms with Crippen LogP contribution in [-0.4, -0.2) is 83.7 Å². The van der Waals surface area contributed by atoms with Gasteiger partial charge in [-0.05, 0) is 12.8 Å². The maximum atomic E-state index is 12.2. The molecule has 2 N–H and O–H groups in total. The third-order valence-corrected chi connectivity index (χ3v) is 8.94. The summed E-state index contributed by atoms with van der Waals surface area (Å²) in [5.41, 5.74) is 1.08. The number of piperazine rings is 3. The molecule has 35 heavy (non-hydrogen) atoms. The van der Waals surface area contributed by atoms with Crippen molar-refractivity contribution in [2.75, 3.05) is 58.9 Å². The Morgan fingerprint density at radius 2 is 1.31 bits per heavy atom. The molecule has 3 aliphatic heterocycles. The number of imidazole rings is 1. The number of amides is 1. The number of nitrogens with one attached hydrogen (secondary N) is 2. The predicted octanol–water partition coefficient (Wildman–Crippen LogP) is 5.21. The zero-order valence-electron chi connectivity index (χ0n) is 22.9. The van der Waals surface area contributed by atoms with Crippen molar-refractivity contribution < 1.29 is 13.8 Å². The van der Waals surface area contributed by atoms with Crippen LogP contribution in [0.3, 0.4) is 0 Å². The maximum absolute atomic E-state index is 12.2. The Balaban J connectivity index is 1.16. The number of aromatic amines is 1. The number of unbranched alkanes of at least 4 members (excludes halogenated alkanes) is 11. The Labute approximate surface area is 215 Å². The molecule has 1 amide bonds. The summed E-state index contributed by atoms with van der Waals surface area (Å²) in [4.78, 5) is 19.3. The van der Waals surface area contributed by atoms with Crippen LogP contribution < -0.4 is 5.32 Å². The van der Waals surface area contributed by atoms with Crippen LogP contribution in [0.1, 0.15) is 103 Å². The predicted molar refractivity (Wildman–Crippen MR) is 145 cm³/mol. The van der Waals surface area contributed by atoms with Crippen LogP contribution in [0.15, 0.2) is 12.5 Å². The van der Waals surface area contributed by atoms with Crippen molar-refractivity contribution >= 4 is 5.91 Å². The van der Waals surface area contributed by atoms with Crippen LogP contribution in [0.2, 0.25) is 0 Å². The second kappa shape index (κ2) is 15.7. The first-order chi connectivity index (χ1) is 17.2. The smallest absolute Gasteiger partial charge is 0.220 e. The summed E-state index contributed by atoms with van der Waals surface area (Å²) in [6.07, 6.45) is 23.3. The molecule has 0 atom stereocenters. The van der Waals surface area contributed by atoms with Gasteiger partial charge in [0.2, 0.25) is 5.91 Å². The number of nitrogens with zero attached hydrogens (tertiary/aromatic N) is 3. The Morgan fingerprint density at radius 1 is 0.800 bits per heavy atom. The normalized spacial score (nSPS) is 23.6. The van der Waals surface area contributed by atoms with E-state index >= 15 is 0 Å². The van der Waals surface area contributed by atoms with Crippen molar-refractivity contribution in [2.45, 2.75) is 103 Å². The van der Waals surface area contributed by atoms with E-state index in [-0.39, 0.29) is 5.91 Å². The average Bonchev–Trinajstić information content (AvgIpc) is 3.39. The minimum Gasteiger partial charge on any atom is -0.356 e. The number of carbonyl (C=O) groups is 1. The molecule has 0 aliphatic carbocycles. The van der Waals surface area contributed by atoms with E-state index in [0.29, 0.717) is 13.0 Å². The van der Waals surface area contributed by atoms with Crippen LogP contribution in [0.5, 0.6) is 0 Å². The van der Waals surface area contributed by atoms with Crippen LogP contribution in [-0.2, 0) is 11.2 Å². The second-order valence-corrected chi connectivity index (χ2v) is 11.6. The van der Waals surface area contributed by atoms with Gasteiger partial charge in [0.15, 0.2) is 0 Å². The van der Waals surface area contributed by atoms with Gasteiger partial charge in [-0.25, -0.2) is 4.98 Å². The first-order valence-electron chi connectivity index (χ1n) is 15.1. The Bertz CT molecular complexity index is 665. The number of quaternary nitrogens is 2. The van der Waals surface area contributed by atoms with E-state index in [1.165, 1.54) is 138 Å². The fraction of sp³-hybridized carbons (Fsp3) is 0.862. The number of rotatable bonds is 20. The van der Waals surface area contributed by atoms with Crippen molar-refractivity contribution in [1.29, 1.82) is 0 Å². The van der Waals surface area contributed by atoms with Crippen LogP contribution in [0.4, 0.5) is 0 Å². The molecular formula is C29H55N5O+2. The molecule has 4 heterocycles. The van der Waals surface area contributed by atoms with E-state index in [2.05, 4.69) is 22.2 Å². The quantitative estimate of drug-likeness (QED) is 0.195. The summed E-state index contributed by atoms with van der Waals surface area (Å²) in [5.74, 6) is 0.203. The molecule has 0 spiro atoms. The van der Waals surface area contributed by atoms with Gasteiger partial charge in [0.25, 0.3) is 0 Å². The highest BCUT2D eigenvalue weighted by molar-refractivity contribution is 5.75. The lowest BCUT2D eigenvalue weighted by atomic mass is 10.0. The molecule has 6 nitrogen and oxygen atoms in total. The van der Waals surface area contributed by atoms with Crippen molar-refractivity contribution in [2.24, 2.45) is 0 Å². The molecule has 1 aromatic heterocycles. The van der Waals surface area contributed by atoms with Crippen molar-refractivity contribution in [3.05, 3.63) is 18.2 Å². The average molecular weight is 490 g/mol. The number of aromatic nitrogens is 2. The van der Waals surface area contributed by atoms with Gasteiger partial charge in [-0.15, -0.1) is 0 Å². The first-order valence-corrected chi connectivity index (χ1v) is 15.1. The summed E-state index contributed by atoms with van der Waals surface area (Å²) in [6.45, 7) is 13.7. The third kappa shape index (κ3) is 10.2. The fourth-order valence-corrected chi connectivity index (χ4v) is 6.32. The van der Waals surface area contributed by atoms with Crippen molar-refractivity contribution in [3.8, 4) is 0 Å². The van der Waals surface area contributed by atoms with Gasteiger partial charge in [-0.2, -0.15) is 0 Å². The Kier molecular flexibility index (Phi) is 12.6. The summed E-state index contributed by atoms with van der Waals surface area (Å²) < 4.78 is 2.67. The van der Waals surface area contributed by atoms with Crippen molar-refractivity contribution in [1.82, 2.24) is 15.3 Å². The van der Waals surface area contributed by atoms with E-state index in [4.69, 9.17) is 0 Å². The Hall–Kier alpha value is -1.40. The molecule has 0 radical (unpaired) electrons. The molecule has 6 heteroatoms. The van der Waals surface area contributed by atoms with Gasteiger partial charge in [-0.1, -0.05) is 71.1 Å². The van der Waals surface area contributed by atoms with Gasteiger partial charge < -0.3 is 19.3 Å². The van der Waals surface area contributed by atoms with E-state index < -0.39 is 0 Å². The number of hydrogen-bond donors (Lipinski definition) is 2. The number of fused-ring (bicyclic) bond motifs is 3. The summed E-state index contributed by atoms with van der Waals surface area (Å²) in [5, 5.41) is 3.07. The van der Waals surface area contributed by atoms with Gasteiger partial charge in [-0.3, -0.25) is 4.79 Å². The molecule has 0 aromatic carbocycles. The molecule has 3 saturated heterocycles. The van der Waals surface area contributed by atoms with Gasteiger partial charge in [0, 0.05) is 37.7 Å². The van der Waals surface area contributed by atoms with Crippen molar-refractivity contribution in [3.63, 3.8) is 0 Å². The molecule has 1 aromatic rings. The zero-order valence-corrected chi connectivity index (χ0v) is 22.9. The highest BCUT2D eigenvalue weighted by atomic mass is 16.1. The maximum Gasteiger partial charge on any atom is 0.220 e. The number of H-pyrrole nitrogens is 1. The zero-order chi connectivity index (χ0) is 24.7. The van der Waals surface area contributed by atoms with Crippen LogP contribution >= 0.6 is 0 Å². The molecule has 2 bridgehead atoms. The monoisotopic (exact) mass is 489 g/mol. The van der Waals surface area contributed by atoms with Gasteiger partial charge >= 0.3 is 0 Å². The largest absolute Gasteiger partial charge is 0.356 e. The Morgan fingerprint density at radius 3 is 1.83 bits per heavy atom. The lowest BCUT2D eigenvalue weighted by molar-refractivity contribution is -1.08. The lowest BCUT2D eigenvalue weighted by Gasteiger charge is -2.55. The molecule has 0 saturated carbocycles. The van der Waals surface area contributed by atoms with E-state index in [1.54, 1.807) is 6.33 Å². The highest BCUT2D eigenvalue weighted by Gasteiger charge is 2.48. The van der Waals surface area contributed by atoms with E-state index in [1.807, 2.05) is 6.20 Å². The van der Waals surface area contributed by atoms with Crippen LogP contribution in [0.25, 0.3) is 0 Å². The molecule has 3 fully saturated rings.